The minimum absolute atomic E-state index is 0.0554. The average Bonchev–Trinajstić information content (AvgIpc) is 3.16. The molecule has 3 aromatic heterocycles. The molecule has 0 atom stereocenters. The standard InChI is InChI=1S/C15H8F3N5O2/c16-15(17,18)8-1-2-10-7(3-8)4-21-23(10)11-6-20-13-12(22-11)9(5-19-13)14(24)25/h1-6H,(H,19,20)(H,24,25). The Bertz CT molecular complexity index is 1130. The molecule has 0 aliphatic rings. The summed E-state index contributed by atoms with van der Waals surface area (Å²) in [7, 11) is 0. The van der Waals surface area contributed by atoms with Gasteiger partial charge in [-0.05, 0) is 18.2 Å². The Kier molecular flexibility index (Phi) is 3.04. The van der Waals surface area contributed by atoms with Crippen LogP contribution in [0.2, 0.25) is 0 Å². The Balaban J connectivity index is 1.88. The van der Waals surface area contributed by atoms with Crippen molar-refractivity contribution in [2.75, 3.05) is 0 Å². The van der Waals surface area contributed by atoms with Gasteiger partial charge in [-0.15, -0.1) is 0 Å². The molecule has 4 rings (SSSR count). The molecule has 0 amide bonds. The molecule has 0 aliphatic heterocycles. The fourth-order valence-electron chi connectivity index (χ4n) is 2.54. The van der Waals surface area contributed by atoms with E-state index < -0.39 is 17.7 Å². The van der Waals surface area contributed by atoms with Gasteiger partial charge in [-0.3, -0.25) is 0 Å². The molecule has 126 valence electrons. The van der Waals surface area contributed by atoms with Crippen molar-refractivity contribution in [1.82, 2.24) is 24.7 Å². The van der Waals surface area contributed by atoms with Crippen LogP contribution in [0.4, 0.5) is 13.2 Å². The second-order valence-corrected chi connectivity index (χ2v) is 5.26. The molecule has 0 spiro atoms. The highest BCUT2D eigenvalue weighted by atomic mass is 19.4. The first-order chi connectivity index (χ1) is 11.8. The van der Waals surface area contributed by atoms with Crippen LogP contribution in [-0.4, -0.2) is 35.8 Å². The Morgan fingerprint density at radius 2 is 2.04 bits per heavy atom. The number of carboxylic acids is 1. The van der Waals surface area contributed by atoms with Crippen LogP contribution in [0.15, 0.2) is 36.8 Å². The summed E-state index contributed by atoms with van der Waals surface area (Å²) in [5.41, 5.74) is -0.00774. The number of carbonyl (C=O) groups is 1. The summed E-state index contributed by atoms with van der Waals surface area (Å²) < 4.78 is 39.7. The molecule has 7 nitrogen and oxygen atoms in total. The monoisotopic (exact) mass is 347 g/mol. The summed E-state index contributed by atoms with van der Waals surface area (Å²) in [6.07, 6.45) is -0.537. The molecule has 0 radical (unpaired) electrons. The number of hydrogen-bond acceptors (Lipinski definition) is 4. The molecule has 25 heavy (non-hydrogen) atoms. The van der Waals surface area contributed by atoms with Crippen molar-refractivity contribution in [3.63, 3.8) is 0 Å². The van der Waals surface area contributed by atoms with E-state index in [2.05, 4.69) is 20.1 Å². The number of benzene rings is 1. The normalized spacial score (nSPS) is 12.1. The lowest BCUT2D eigenvalue weighted by molar-refractivity contribution is -0.137. The van der Waals surface area contributed by atoms with Crippen LogP contribution in [0.25, 0.3) is 27.9 Å². The van der Waals surface area contributed by atoms with Crippen LogP contribution < -0.4 is 0 Å². The highest BCUT2D eigenvalue weighted by Gasteiger charge is 2.30. The molecule has 0 saturated carbocycles. The molecule has 3 heterocycles. The van der Waals surface area contributed by atoms with Gasteiger partial charge in [-0.1, -0.05) is 0 Å². The summed E-state index contributed by atoms with van der Waals surface area (Å²) in [5, 5.41) is 13.5. The molecule has 10 heteroatoms. The fraction of sp³-hybridized carbons (Fsp3) is 0.0667. The fourth-order valence-corrected chi connectivity index (χ4v) is 2.54. The van der Waals surface area contributed by atoms with Gasteiger partial charge in [0.05, 0.1) is 23.5 Å². The second kappa shape index (κ2) is 5.03. The number of nitrogens with one attached hydrogen (secondary N) is 1. The number of nitrogens with zero attached hydrogens (tertiary/aromatic N) is 4. The number of rotatable bonds is 2. The zero-order chi connectivity index (χ0) is 17.8. The maximum absolute atomic E-state index is 12.8. The highest BCUT2D eigenvalue weighted by Crippen LogP contribution is 2.31. The first-order valence-corrected chi connectivity index (χ1v) is 6.97. The van der Waals surface area contributed by atoms with E-state index in [1.165, 1.54) is 29.3 Å². The van der Waals surface area contributed by atoms with Gasteiger partial charge in [0.2, 0.25) is 0 Å². The third kappa shape index (κ3) is 2.38. The van der Waals surface area contributed by atoms with Crippen molar-refractivity contribution in [3.05, 3.63) is 47.9 Å². The van der Waals surface area contributed by atoms with Gasteiger partial charge in [0, 0.05) is 11.6 Å². The SMILES string of the molecule is O=C(O)c1c[nH]c2ncc(-n3ncc4cc(C(F)(F)F)ccc43)nc12. The third-order valence-electron chi connectivity index (χ3n) is 3.71. The molecule has 0 aliphatic carbocycles. The van der Waals surface area contributed by atoms with Crippen LogP contribution in [0, 0.1) is 0 Å². The largest absolute Gasteiger partial charge is 0.478 e. The van der Waals surface area contributed by atoms with Crippen LogP contribution in [0.3, 0.4) is 0 Å². The Morgan fingerprint density at radius 1 is 1.24 bits per heavy atom. The van der Waals surface area contributed by atoms with E-state index in [9.17, 15) is 18.0 Å². The molecule has 0 fully saturated rings. The Labute approximate surface area is 136 Å². The van der Waals surface area contributed by atoms with Crippen molar-refractivity contribution in [2.45, 2.75) is 6.18 Å². The van der Waals surface area contributed by atoms with Crippen LogP contribution >= 0.6 is 0 Å². The van der Waals surface area contributed by atoms with Crippen LogP contribution in [0.1, 0.15) is 15.9 Å². The number of hydrogen-bond donors (Lipinski definition) is 2. The second-order valence-electron chi connectivity index (χ2n) is 5.26. The number of aromatic amines is 1. The van der Waals surface area contributed by atoms with E-state index in [0.717, 1.165) is 12.1 Å². The molecule has 2 N–H and O–H groups in total. The average molecular weight is 347 g/mol. The predicted molar refractivity (Wildman–Crippen MR) is 80.5 cm³/mol. The van der Waals surface area contributed by atoms with Gasteiger partial charge in [-0.25, -0.2) is 19.4 Å². The zero-order valence-corrected chi connectivity index (χ0v) is 12.2. The summed E-state index contributed by atoms with van der Waals surface area (Å²) in [6, 6.07) is 3.22. The third-order valence-corrected chi connectivity index (χ3v) is 3.71. The molecule has 0 saturated heterocycles. The molecule has 1 aromatic carbocycles. The zero-order valence-electron chi connectivity index (χ0n) is 12.2. The number of halogens is 3. The number of H-pyrrole nitrogens is 1. The first-order valence-electron chi connectivity index (χ1n) is 6.97. The Hall–Kier alpha value is -3.43. The van der Waals surface area contributed by atoms with Gasteiger partial charge in [0.25, 0.3) is 0 Å². The summed E-state index contributed by atoms with van der Waals surface area (Å²) in [5.74, 6) is -0.970. The first kappa shape index (κ1) is 15.1. The van der Waals surface area contributed by atoms with Crippen LogP contribution in [-0.2, 0) is 6.18 Å². The van der Waals surface area contributed by atoms with Crippen LogP contribution in [0.5, 0.6) is 0 Å². The number of fused-ring (bicyclic) bond motifs is 2. The summed E-state index contributed by atoms with van der Waals surface area (Å²) in [4.78, 5) is 22.2. The van der Waals surface area contributed by atoms with Gasteiger partial charge >= 0.3 is 12.1 Å². The maximum atomic E-state index is 12.8. The number of aromatic nitrogens is 5. The van der Waals surface area contributed by atoms with E-state index >= 15 is 0 Å². The number of alkyl halides is 3. The maximum Gasteiger partial charge on any atom is 0.416 e. The lowest BCUT2D eigenvalue weighted by atomic mass is 10.1. The van der Waals surface area contributed by atoms with E-state index in [-0.39, 0.29) is 27.9 Å². The predicted octanol–water partition coefficient (Wildman–Crippen LogP) is 3.01. The molecule has 4 aromatic rings. The Morgan fingerprint density at radius 3 is 2.76 bits per heavy atom. The van der Waals surface area contributed by atoms with E-state index in [0.29, 0.717) is 5.52 Å². The van der Waals surface area contributed by atoms with Crippen molar-refractivity contribution < 1.29 is 23.1 Å². The minimum atomic E-state index is -4.45. The minimum Gasteiger partial charge on any atom is -0.478 e. The van der Waals surface area contributed by atoms with Crippen molar-refractivity contribution in [1.29, 1.82) is 0 Å². The molecule has 0 bridgehead atoms. The summed E-state index contributed by atoms with van der Waals surface area (Å²) in [6.45, 7) is 0. The topological polar surface area (TPSA) is 96.7 Å². The van der Waals surface area contributed by atoms with E-state index in [1.807, 2.05) is 0 Å². The lowest BCUT2D eigenvalue weighted by Crippen LogP contribution is -2.05. The van der Waals surface area contributed by atoms with Gasteiger partial charge in [0.1, 0.15) is 11.1 Å². The smallest absolute Gasteiger partial charge is 0.416 e. The van der Waals surface area contributed by atoms with Crippen molar-refractivity contribution >= 4 is 28.0 Å². The number of aromatic carboxylic acids is 1. The van der Waals surface area contributed by atoms with Crippen molar-refractivity contribution in [2.24, 2.45) is 0 Å². The molecular formula is C15H8F3N5O2. The van der Waals surface area contributed by atoms with Gasteiger partial charge in [-0.2, -0.15) is 18.3 Å². The molecule has 0 unspecified atom stereocenters. The summed E-state index contributed by atoms with van der Waals surface area (Å²) >= 11 is 0. The quantitative estimate of drug-likeness (QED) is 0.581. The highest BCUT2D eigenvalue weighted by molar-refractivity contribution is 6.00. The van der Waals surface area contributed by atoms with Crippen molar-refractivity contribution in [3.8, 4) is 5.82 Å². The number of carboxylic acid groups (broad SMARTS) is 1. The molecular weight excluding hydrogens is 339 g/mol. The van der Waals surface area contributed by atoms with Gasteiger partial charge < -0.3 is 10.1 Å². The van der Waals surface area contributed by atoms with E-state index in [4.69, 9.17) is 5.11 Å². The van der Waals surface area contributed by atoms with E-state index in [1.54, 1.807) is 0 Å². The van der Waals surface area contributed by atoms with Gasteiger partial charge in [0.15, 0.2) is 11.5 Å². The lowest BCUT2D eigenvalue weighted by Gasteiger charge is -2.07.